The molecular formula is C10H11Cl2N3O2. The maximum Gasteiger partial charge on any atom is 0.256 e. The number of halogens is 2. The summed E-state index contributed by atoms with van der Waals surface area (Å²) in [6.07, 6.45) is 0. The Hall–Kier alpha value is -1.30. The molecule has 0 radical (unpaired) electrons. The fourth-order valence-corrected chi connectivity index (χ4v) is 1.41. The largest absolute Gasteiger partial charge is 0.340 e. The molecule has 0 heterocycles. The summed E-state index contributed by atoms with van der Waals surface area (Å²) in [6, 6.07) is 3.71. The van der Waals surface area contributed by atoms with E-state index in [9.17, 15) is 9.59 Å². The smallest absolute Gasteiger partial charge is 0.256 e. The van der Waals surface area contributed by atoms with E-state index in [1.165, 1.54) is 25.1 Å². The fourth-order valence-electron chi connectivity index (χ4n) is 1.11. The molecule has 0 bridgehead atoms. The SMILES string of the molecule is C[C@@H](NC(=O)c1ccc(Cl)c(Cl)c1)C(=O)NN. The van der Waals surface area contributed by atoms with E-state index in [0.29, 0.717) is 10.6 Å². The number of nitrogens with two attached hydrogens (primary N) is 1. The van der Waals surface area contributed by atoms with Crippen molar-refractivity contribution in [2.45, 2.75) is 13.0 Å². The van der Waals surface area contributed by atoms with Crippen molar-refractivity contribution in [2.75, 3.05) is 0 Å². The highest BCUT2D eigenvalue weighted by atomic mass is 35.5. The average Bonchev–Trinajstić information content (AvgIpc) is 2.31. The molecule has 0 unspecified atom stereocenters. The first-order valence-electron chi connectivity index (χ1n) is 4.72. The molecule has 7 heteroatoms. The molecule has 0 aliphatic rings. The monoisotopic (exact) mass is 275 g/mol. The van der Waals surface area contributed by atoms with Gasteiger partial charge in [0.1, 0.15) is 6.04 Å². The lowest BCUT2D eigenvalue weighted by atomic mass is 10.2. The molecule has 92 valence electrons. The number of rotatable bonds is 3. The van der Waals surface area contributed by atoms with Crippen LogP contribution in [0.3, 0.4) is 0 Å². The summed E-state index contributed by atoms with van der Waals surface area (Å²) >= 11 is 11.5. The summed E-state index contributed by atoms with van der Waals surface area (Å²) in [5.74, 6) is 4.02. The van der Waals surface area contributed by atoms with Crippen molar-refractivity contribution in [1.82, 2.24) is 10.7 Å². The number of hydrazine groups is 1. The molecule has 5 nitrogen and oxygen atoms in total. The van der Waals surface area contributed by atoms with Gasteiger partial charge in [0.25, 0.3) is 11.8 Å². The number of benzene rings is 1. The number of hydrogen-bond acceptors (Lipinski definition) is 3. The second kappa shape index (κ2) is 5.86. The molecule has 0 aliphatic carbocycles. The molecule has 17 heavy (non-hydrogen) atoms. The standard InChI is InChI=1S/C10H11Cl2N3O2/c1-5(9(16)15-13)14-10(17)6-2-3-7(11)8(12)4-6/h2-5H,13H2,1H3,(H,14,17)(H,15,16)/t5-/m1/s1. The van der Waals surface area contributed by atoms with Gasteiger partial charge in [0.05, 0.1) is 10.0 Å². The van der Waals surface area contributed by atoms with Crippen molar-refractivity contribution in [1.29, 1.82) is 0 Å². The van der Waals surface area contributed by atoms with Crippen molar-refractivity contribution in [3.63, 3.8) is 0 Å². The number of carbonyl (C=O) groups excluding carboxylic acids is 2. The van der Waals surface area contributed by atoms with E-state index < -0.39 is 17.9 Å². The maximum absolute atomic E-state index is 11.7. The van der Waals surface area contributed by atoms with E-state index in [1.807, 2.05) is 5.43 Å². The lowest BCUT2D eigenvalue weighted by Gasteiger charge is -2.12. The first-order chi connectivity index (χ1) is 7.95. The van der Waals surface area contributed by atoms with Gasteiger partial charge in [-0.2, -0.15) is 0 Å². The number of nitrogens with one attached hydrogen (secondary N) is 2. The van der Waals surface area contributed by atoms with Gasteiger partial charge in [0, 0.05) is 5.56 Å². The minimum atomic E-state index is -0.734. The Bertz CT molecular complexity index is 451. The molecule has 0 fully saturated rings. The third-order valence-electron chi connectivity index (χ3n) is 2.06. The van der Waals surface area contributed by atoms with Gasteiger partial charge in [-0.3, -0.25) is 15.0 Å². The third-order valence-corrected chi connectivity index (χ3v) is 2.80. The van der Waals surface area contributed by atoms with Crippen LogP contribution in [0.4, 0.5) is 0 Å². The van der Waals surface area contributed by atoms with Crippen LogP contribution in [0, 0.1) is 0 Å². The van der Waals surface area contributed by atoms with E-state index in [-0.39, 0.29) is 5.02 Å². The highest BCUT2D eigenvalue weighted by Gasteiger charge is 2.15. The van der Waals surface area contributed by atoms with Crippen molar-refractivity contribution in [3.8, 4) is 0 Å². The first kappa shape index (κ1) is 13.8. The zero-order chi connectivity index (χ0) is 13.0. The highest BCUT2D eigenvalue weighted by molar-refractivity contribution is 6.42. The average molecular weight is 276 g/mol. The fraction of sp³-hybridized carbons (Fsp3) is 0.200. The Morgan fingerprint density at radius 2 is 1.94 bits per heavy atom. The van der Waals surface area contributed by atoms with Crippen LogP contribution in [0.5, 0.6) is 0 Å². The summed E-state index contributed by atoms with van der Waals surface area (Å²) in [5, 5.41) is 3.09. The van der Waals surface area contributed by atoms with Crippen molar-refractivity contribution in [2.24, 2.45) is 5.84 Å². The van der Waals surface area contributed by atoms with E-state index in [1.54, 1.807) is 0 Å². The van der Waals surface area contributed by atoms with Crippen LogP contribution in [0.2, 0.25) is 10.0 Å². The molecule has 1 atom stereocenters. The topological polar surface area (TPSA) is 84.2 Å². The zero-order valence-electron chi connectivity index (χ0n) is 8.96. The molecule has 1 rings (SSSR count). The number of hydrogen-bond donors (Lipinski definition) is 3. The van der Waals surface area contributed by atoms with Gasteiger partial charge in [-0.05, 0) is 25.1 Å². The summed E-state index contributed by atoms with van der Waals surface area (Å²) in [7, 11) is 0. The predicted octanol–water partition coefficient (Wildman–Crippen LogP) is 1.10. The van der Waals surface area contributed by atoms with E-state index in [2.05, 4.69) is 5.32 Å². The highest BCUT2D eigenvalue weighted by Crippen LogP contribution is 2.22. The maximum atomic E-state index is 11.7. The van der Waals surface area contributed by atoms with Gasteiger partial charge < -0.3 is 5.32 Å². The molecular weight excluding hydrogens is 265 g/mol. The van der Waals surface area contributed by atoms with Crippen LogP contribution in [-0.4, -0.2) is 17.9 Å². The van der Waals surface area contributed by atoms with Crippen LogP contribution in [0.25, 0.3) is 0 Å². The molecule has 1 aromatic rings. The van der Waals surface area contributed by atoms with Crippen LogP contribution >= 0.6 is 23.2 Å². The van der Waals surface area contributed by atoms with E-state index in [4.69, 9.17) is 29.0 Å². The molecule has 1 aromatic carbocycles. The molecule has 2 amide bonds. The van der Waals surface area contributed by atoms with Crippen molar-refractivity contribution in [3.05, 3.63) is 33.8 Å². The van der Waals surface area contributed by atoms with Gasteiger partial charge in [-0.25, -0.2) is 5.84 Å². The third kappa shape index (κ3) is 3.59. The van der Waals surface area contributed by atoms with Crippen LogP contribution < -0.4 is 16.6 Å². The Morgan fingerprint density at radius 1 is 1.29 bits per heavy atom. The summed E-state index contributed by atoms with van der Waals surface area (Å²) < 4.78 is 0. The Balaban J connectivity index is 2.76. The van der Waals surface area contributed by atoms with Gasteiger partial charge in [-0.1, -0.05) is 23.2 Å². The Kier molecular flexibility index (Phi) is 4.74. The summed E-state index contributed by atoms with van der Waals surface area (Å²) in [5.41, 5.74) is 2.26. The lowest BCUT2D eigenvalue weighted by molar-refractivity contribution is -0.122. The van der Waals surface area contributed by atoms with Crippen LogP contribution in [-0.2, 0) is 4.79 Å². The number of carbonyl (C=O) groups is 2. The second-order valence-electron chi connectivity index (χ2n) is 3.33. The van der Waals surface area contributed by atoms with Gasteiger partial charge in [0.15, 0.2) is 0 Å². The normalized spacial score (nSPS) is 11.8. The molecule has 0 aliphatic heterocycles. The number of amides is 2. The zero-order valence-corrected chi connectivity index (χ0v) is 10.5. The molecule has 0 saturated heterocycles. The lowest BCUT2D eigenvalue weighted by Crippen LogP contribution is -2.47. The van der Waals surface area contributed by atoms with Gasteiger partial charge >= 0.3 is 0 Å². The second-order valence-corrected chi connectivity index (χ2v) is 4.15. The van der Waals surface area contributed by atoms with Gasteiger partial charge in [0.2, 0.25) is 0 Å². The van der Waals surface area contributed by atoms with E-state index in [0.717, 1.165) is 0 Å². The quantitative estimate of drug-likeness (QED) is 0.439. The van der Waals surface area contributed by atoms with Crippen molar-refractivity contribution < 1.29 is 9.59 Å². The van der Waals surface area contributed by atoms with Crippen molar-refractivity contribution >= 4 is 35.0 Å². The minimum absolute atomic E-state index is 0.273. The Morgan fingerprint density at radius 3 is 2.47 bits per heavy atom. The Labute approximate surface area is 108 Å². The summed E-state index contributed by atoms with van der Waals surface area (Å²) in [6.45, 7) is 1.51. The van der Waals surface area contributed by atoms with Crippen LogP contribution in [0.15, 0.2) is 18.2 Å². The van der Waals surface area contributed by atoms with E-state index >= 15 is 0 Å². The van der Waals surface area contributed by atoms with Crippen LogP contribution in [0.1, 0.15) is 17.3 Å². The molecule has 0 saturated carbocycles. The molecule has 0 aromatic heterocycles. The minimum Gasteiger partial charge on any atom is -0.340 e. The molecule has 0 spiro atoms. The molecule has 4 N–H and O–H groups in total. The first-order valence-corrected chi connectivity index (χ1v) is 5.47. The van der Waals surface area contributed by atoms with Gasteiger partial charge in [-0.15, -0.1) is 0 Å². The predicted molar refractivity (Wildman–Crippen MR) is 65.7 cm³/mol. The summed E-state index contributed by atoms with van der Waals surface area (Å²) in [4.78, 5) is 22.8.